The van der Waals surface area contributed by atoms with Gasteiger partial charge in [-0.2, -0.15) is 13.2 Å². The second-order valence-electron chi connectivity index (χ2n) is 4.53. The molecule has 2 aromatic rings. The molecule has 0 amide bonds. The minimum Gasteiger partial charge on any atom is -0.399 e. The molecule has 0 radical (unpaired) electrons. The quantitative estimate of drug-likeness (QED) is 0.673. The van der Waals surface area contributed by atoms with Crippen LogP contribution < -0.4 is 5.73 Å². The Morgan fingerprint density at radius 2 is 2.05 bits per heavy atom. The number of rotatable bonds is 5. The van der Waals surface area contributed by atoms with E-state index in [4.69, 9.17) is 5.73 Å². The van der Waals surface area contributed by atoms with E-state index < -0.39 is 12.8 Å². The molecule has 0 saturated carbocycles. The molecule has 0 saturated heterocycles. The first-order valence-electron chi connectivity index (χ1n) is 6.13. The van der Waals surface area contributed by atoms with Crippen LogP contribution in [0.5, 0.6) is 0 Å². The van der Waals surface area contributed by atoms with Gasteiger partial charge in [0.2, 0.25) is 0 Å². The van der Waals surface area contributed by atoms with E-state index >= 15 is 0 Å². The summed E-state index contributed by atoms with van der Waals surface area (Å²) in [7, 11) is 0. The summed E-state index contributed by atoms with van der Waals surface area (Å²) in [5.74, 6) is 0.431. The Bertz CT molecular complexity index is 591. The van der Waals surface area contributed by atoms with Crippen LogP contribution in [0.2, 0.25) is 0 Å². The zero-order valence-corrected chi connectivity index (χ0v) is 11.3. The van der Waals surface area contributed by atoms with E-state index in [0.29, 0.717) is 17.1 Å². The first kappa shape index (κ1) is 15.2. The lowest BCUT2D eigenvalue weighted by Crippen LogP contribution is -2.19. The molecular formula is C12H14F3N5O. The van der Waals surface area contributed by atoms with Crippen molar-refractivity contribution in [1.82, 2.24) is 20.2 Å². The fourth-order valence-electron chi connectivity index (χ4n) is 1.84. The highest BCUT2D eigenvalue weighted by atomic mass is 19.4. The fourth-order valence-corrected chi connectivity index (χ4v) is 1.84. The van der Waals surface area contributed by atoms with Crippen molar-refractivity contribution in [3.05, 3.63) is 23.8 Å². The molecule has 0 atom stereocenters. The van der Waals surface area contributed by atoms with Crippen molar-refractivity contribution in [2.45, 2.75) is 19.6 Å². The number of aryl methyl sites for hydroxylation is 1. The maximum Gasteiger partial charge on any atom is 0.411 e. The summed E-state index contributed by atoms with van der Waals surface area (Å²) in [6.45, 7) is 0.563. The molecule has 0 bridgehead atoms. The molecule has 0 aliphatic heterocycles. The molecule has 21 heavy (non-hydrogen) atoms. The Balaban J connectivity index is 2.05. The van der Waals surface area contributed by atoms with Gasteiger partial charge < -0.3 is 10.5 Å². The minimum atomic E-state index is -4.34. The molecule has 114 valence electrons. The van der Waals surface area contributed by atoms with Crippen molar-refractivity contribution in [2.75, 3.05) is 18.9 Å². The van der Waals surface area contributed by atoms with Crippen LogP contribution in [0.25, 0.3) is 11.4 Å². The van der Waals surface area contributed by atoms with Gasteiger partial charge in [0.15, 0.2) is 5.82 Å². The SMILES string of the molecule is Cc1cc(N)cc(-c2nnnn2CCOCC(F)(F)F)c1. The lowest BCUT2D eigenvalue weighted by atomic mass is 10.1. The average molecular weight is 301 g/mol. The van der Waals surface area contributed by atoms with E-state index in [1.54, 1.807) is 12.1 Å². The highest BCUT2D eigenvalue weighted by molar-refractivity contribution is 5.62. The van der Waals surface area contributed by atoms with Crippen LogP contribution in [0.1, 0.15) is 5.56 Å². The molecule has 2 rings (SSSR count). The standard InChI is InChI=1S/C12H14F3N5O/c1-8-4-9(6-10(16)5-8)11-17-18-19-20(11)2-3-21-7-12(13,14)15/h4-6H,2-3,7,16H2,1H3. The highest BCUT2D eigenvalue weighted by Crippen LogP contribution is 2.21. The summed E-state index contributed by atoms with van der Waals surface area (Å²) >= 11 is 0. The summed E-state index contributed by atoms with van der Waals surface area (Å²) in [5, 5.41) is 11.1. The van der Waals surface area contributed by atoms with E-state index in [0.717, 1.165) is 5.56 Å². The van der Waals surface area contributed by atoms with Gasteiger partial charge in [0.05, 0.1) is 13.2 Å². The number of aromatic nitrogens is 4. The Kier molecular flexibility index (Phi) is 4.41. The topological polar surface area (TPSA) is 78.9 Å². The summed E-state index contributed by atoms with van der Waals surface area (Å²) in [4.78, 5) is 0. The van der Waals surface area contributed by atoms with Gasteiger partial charge in [-0.3, -0.25) is 0 Å². The number of halogens is 3. The van der Waals surface area contributed by atoms with Gasteiger partial charge in [0, 0.05) is 11.3 Å². The van der Waals surface area contributed by atoms with Gasteiger partial charge in [-0.15, -0.1) is 5.10 Å². The maximum absolute atomic E-state index is 12.0. The number of tetrazole rings is 1. The van der Waals surface area contributed by atoms with Crippen molar-refractivity contribution < 1.29 is 17.9 Å². The van der Waals surface area contributed by atoms with Crippen molar-refractivity contribution >= 4 is 5.69 Å². The van der Waals surface area contributed by atoms with E-state index in [1.165, 1.54) is 4.68 Å². The minimum absolute atomic E-state index is 0.117. The van der Waals surface area contributed by atoms with Gasteiger partial charge >= 0.3 is 6.18 Å². The number of nitrogens with two attached hydrogens (primary N) is 1. The van der Waals surface area contributed by atoms with Crippen molar-refractivity contribution in [2.24, 2.45) is 0 Å². The molecule has 1 heterocycles. The van der Waals surface area contributed by atoms with Gasteiger partial charge in [-0.1, -0.05) is 0 Å². The lowest BCUT2D eigenvalue weighted by molar-refractivity contribution is -0.174. The predicted octanol–water partition coefficient (Wildman–Crippen LogP) is 1.81. The maximum atomic E-state index is 12.0. The molecular weight excluding hydrogens is 287 g/mol. The summed E-state index contributed by atoms with van der Waals surface area (Å²) in [6, 6.07) is 5.34. The van der Waals surface area contributed by atoms with Crippen LogP contribution in [0.15, 0.2) is 18.2 Å². The van der Waals surface area contributed by atoms with Crippen LogP contribution in [0, 0.1) is 6.92 Å². The molecule has 1 aromatic heterocycles. The third-order valence-electron chi connectivity index (χ3n) is 2.60. The fraction of sp³-hybridized carbons (Fsp3) is 0.417. The number of nitrogen functional groups attached to an aromatic ring is 1. The smallest absolute Gasteiger partial charge is 0.399 e. The Hall–Kier alpha value is -2.16. The Labute approximate surface area is 118 Å². The Morgan fingerprint density at radius 3 is 2.71 bits per heavy atom. The number of alkyl halides is 3. The molecule has 9 heteroatoms. The van der Waals surface area contributed by atoms with E-state index in [1.807, 2.05) is 13.0 Å². The van der Waals surface area contributed by atoms with Gasteiger partial charge in [0.25, 0.3) is 0 Å². The first-order valence-corrected chi connectivity index (χ1v) is 6.13. The van der Waals surface area contributed by atoms with Crippen LogP contribution in [-0.2, 0) is 11.3 Å². The van der Waals surface area contributed by atoms with E-state index in [-0.39, 0.29) is 13.2 Å². The molecule has 1 aromatic carbocycles. The summed E-state index contributed by atoms with van der Waals surface area (Å²) in [6.07, 6.45) is -4.34. The van der Waals surface area contributed by atoms with E-state index in [9.17, 15) is 13.2 Å². The van der Waals surface area contributed by atoms with E-state index in [2.05, 4.69) is 20.3 Å². The van der Waals surface area contributed by atoms with Gasteiger partial charge in [-0.25, -0.2) is 4.68 Å². The zero-order chi connectivity index (χ0) is 15.5. The number of benzene rings is 1. The van der Waals surface area contributed by atoms with Crippen molar-refractivity contribution in [1.29, 1.82) is 0 Å². The van der Waals surface area contributed by atoms with Crippen LogP contribution in [0.4, 0.5) is 18.9 Å². The van der Waals surface area contributed by atoms with Gasteiger partial charge in [0.1, 0.15) is 6.61 Å². The monoisotopic (exact) mass is 301 g/mol. The molecule has 2 N–H and O–H groups in total. The summed E-state index contributed by atoms with van der Waals surface area (Å²) in [5.41, 5.74) is 7.96. The second-order valence-corrected chi connectivity index (χ2v) is 4.53. The van der Waals surface area contributed by atoms with Crippen LogP contribution in [0.3, 0.4) is 0 Å². The van der Waals surface area contributed by atoms with Crippen LogP contribution in [-0.4, -0.2) is 39.6 Å². The first-order chi connectivity index (χ1) is 9.85. The summed E-state index contributed by atoms with van der Waals surface area (Å²) < 4.78 is 41.8. The highest BCUT2D eigenvalue weighted by Gasteiger charge is 2.27. The van der Waals surface area contributed by atoms with Crippen molar-refractivity contribution in [3.8, 4) is 11.4 Å². The molecule has 0 spiro atoms. The van der Waals surface area contributed by atoms with Crippen molar-refractivity contribution in [3.63, 3.8) is 0 Å². The average Bonchev–Trinajstić information content (AvgIpc) is 2.80. The zero-order valence-electron chi connectivity index (χ0n) is 11.3. The lowest BCUT2D eigenvalue weighted by Gasteiger charge is -2.09. The molecule has 0 aliphatic rings. The molecule has 0 fully saturated rings. The van der Waals surface area contributed by atoms with Crippen LogP contribution >= 0.6 is 0 Å². The normalized spacial score (nSPS) is 11.8. The molecule has 0 unspecified atom stereocenters. The molecule has 0 aliphatic carbocycles. The largest absolute Gasteiger partial charge is 0.411 e. The third-order valence-corrected chi connectivity index (χ3v) is 2.60. The second kappa shape index (κ2) is 6.08. The number of hydrogen-bond acceptors (Lipinski definition) is 5. The van der Waals surface area contributed by atoms with Gasteiger partial charge in [-0.05, 0) is 41.1 Å². The number of nitrogens with zero attached hydrogens (tertiary/aromatic N) is 4. The predicted molar refractivity (Wildman–Crippen MR) is 69.3 cm³/mol. The Morgan fingerprint density at radius 1 is 1.29 bits per heavy atom. The molecule has 6 nitrogen and oxygen atoms in total. The number of ether oxygens (including phenoxy) is 1. The number of anilines is 1. The third kappa shape index (κ3) is 4.42. The number of hydrogen-bond donors (Lipinski definition) is 1.